The second-order valence-corrected chi connectivity index (χ2v) is 7.07. The highest BCUT2D eigenvalue weighted by Crippen LogP contribution is 2.23. The van der Waals surface area contributed by atoms with E-state index in [1.54, 1.807) is 0 Å². The molecule has 0 radical (unpaired) electrons. The van der Waals surface area contributed by atoms with Gasteiger partial charge in [0.25, 0.3) is 0 Å². The summed E-state index contributed by atoms with van der Waals surface area (Å²) in [6, 6.07) is 8.12. The van der Waals surface area contributed by atoms with Crippen molar-refractivity contribution in [2.75, 3.05) is 54.0 Å². The number of nitrogens with zero attached hydrogens (tertiary/aromatic N) is 6. The summed E-state index contributed by atoms with van der Waals surface area (Å²) in [7, 11) is 0. The Morgan fingerprint density at radius 1 is 0.840 bits per heavy atom. The zero-order valence-electron chi connectivity index (χ0n) is 14.9. The van der Waals surface area contributed by atoms with Crippen LogP contribution in [0, 0.1) is 5.92 Å². The van der Waals surface area contributed by atoms with Gasteiger partial charge in [-0.2, -0.15) is 4.98 Å². The third kappa shape index (κ3) is 3.67. The van der Waals surface area contributed by atoms with Crippen molar-refractivity contribution in [1.82, 2.24) is 15.0 Å². The summed E-state index contributed by atoms with van der Waals surface area (Å²) < 4.78 is 0. The van der Waals surface area contributed by atoms with Gasteiger partial charge in [0.05, 0.1) is 0 Å². The number of anilines is 3. The van der Waals surface area contributed by atoms with Gasteiger partial charge in [-0.3, -0.25) is 0 Å². The van der Waals surface area contributed by atoms with Crippen LogP contribution in [0.3, 0.4) is 0 Å². The van der Waals surface area contributed by atoms with Crippen molar-refractivity contribution in [2.24, 2.45) is 5.92 Å². The maximum absolute atomic E-state index is 4.86. The van der Waals surface area contributed by atoms with Crippen LogP contribution in [-0.2, 0) is 0 Å². The number of rotatable bonds is 3. The second kappa shape index (κ2) is 7.25. The molecule has 0 N–H and O–H groups in total. The molecule has 25 heavy (non-hydrogen) atoms. The van der Waals surface area contributed by atoms with Crippen LogP contribution < -0.4 is 14.7 Å². The number of pyridine rings is 1. The van der Waals surface area contributed by atoms with Crippen LogP contribution in [-0.4, -0.2) is 54.2 Å². The van der Waals surface area contributed by atoms with Crippen LogP contribution in [0.2, 0.25) is 0 Å². The molecular weight excluding hydrogens is 312 g/mol. The normalized spacial score (nSPS) is 21.5. The molecule has 0 amide bonds. The van der Waals surface area contributed by atoms with Crippen molar-refractivity contribution in [3.05, 3.63) is 36.7 Å². The van der Waals surface area contributed by atoms with E-state index in [1.807, 2.05) is 30.6 Å². The summed E-state index contributed by atoms with van der Waals surface area (Å²) >= 11 is 0. The Labute approximate surface area is 149 Å². The molecule has 132 valence electrons. The molecule has 4 rings (SSSR count). The largest absolute Gasteiger partial charge is 0.356 e. The first-order valence-corrected chi connectivity index (χ1v) is 9.28. The average Bonchev–Trinajstić information content (AvgIpc) is 2.69. The van der Waals surface area contributed by atoms with Gasteiger partial charge >= 0.3 is 0 Å². The zero-order valence-corrected chi connectivity index (χ0v) is 14.9. The first-order chi connectivity index (χ1) is 12.3. The van der Waals surface area contributed by atoms with E-state index in [0.29, 0.717) is 0 Å². The Morgan fingerprint density at radius 2 is 1.68 bits per heavy atom. The fraction of sp³-hybridized carbons (Fsp3) is 0.526. The Morgan fingerprint density at radius 3 is 2.44 bits per heavy atom. The molecule has 1 unspecified atom stereocenters. The number of piperazine rings is 1. The molecule has 2 aromatic rings. The third-order valence-electron chi connectivity index (χ3n) is 5.14. The molecule has 0 aromatic carbocycles. The molecule has 0 spiro atoms. The lowest BCUT2D eigenvalue weighted by Gasteiger charge is -2.36. The minimum absolute atomic E-state index is 0.745. The SMILES string of the molecule is CC1CCCN(c2ccnc(N3CCN(c4ccccn4)CC3)n2)C1. The number of hydrogen-bond acceptors (Lipinski definition) is 6. The monoisotopic (exact) mass is 338 g/mol. The van der Waals surface area contributed by atoms with E-state index in [2.05, 4.69) is 37.7 Å². The minimum atomic E-state index is 0.745. The van der Waals surface area contributed by atoms with Gasteiger partial charge in [0.15, 0.2) is 0 Å². The van der Waals surface area contributed by atoms with Gasteiger partial charge in [0, 0.05) is 51.7 Å². The first kappa shape index (κ1) is 16.1. The molecule has 2 aliphatic heterocycles. The predicted octanol–water partition coefficient (Wildman–Crippen LogP) is 2.43. The van der Waals surface area contributed by atoms with Gasteiger partial charge in [-0.25, -0.2) is 9.97 Å². The van der Waals surface area contributed by atoms with E-state index >= 15 is 0 Å². The van der Waals surface area contributed by atoms with Crippen LogP contribution >= 0.6 is 0 Å². The number of hydrogen-bond donors (Lipinski definition) is 0. The van der Waals surface area contributed by atoms with Crippen molar-refractivity contribution >= 4 is 17.6 Å². The van der Waals surface area contributed by atoms with Crippen LogP contribution in [0.5, 0.6) is 0 Å². The molecule has 0 aliphatic carbocycles. The molecule has 0 bridgehead atoms. The van der Waals surface area contributed by atoms with Gasteiger partial charge in [-0.1, -0.05) is 13.0 Å². The van der Waals surface area contributed by atoms with Crippen molar-refractivity contribution in [1.29, 1.82) is 0 Å². The summed E-state index contributed by atoms with van der Waals surface area (Å²) in [6.45, 7) is 8.28. The lowest BCUT2D eigenvalue weighted by atomic mass is 10.0. The summed E-state index contributed by atoms with van der Waals surface area (Å²) in [6.07, 6.45) is 6.34. The summed E-state index contributed by atoms with van der Waals surface area (Å²) in [5, 5.41) is 0. The van der Waals surface area contributed by atoms with Gasteiger partial charge < -0.3 is 14.7 Å². The smallest absolute Gasteiger partial charge is 0.227 e. The molecule has 1 atom stereocenters. The van der Waals surface area contributed by atoms with Crippen molar-refractivity contribution in [3.8, 4) is 0 Å². The fourth-order valence-electron chi connectivity index (χ4n) is 3.74. The molecule has 6 heteroatoms. The van der Waals surface area contributed by atoms with Crippen molar-refractivity contribution in [2.45, 2.75) is 19.8 Å². The molecular formula is C19H26N6. The maximum Gasteiger partial charge on any atom is 0.227 e. The van der Waals surface area contributed by atoms with E-state index in [0.717, 1.165) is 62.8 Å². The van der Waals surface area contributed by atoms with Gasteiger partial charge in [0.1, 0.15) is 11.6 Å². The molecule has 0 saturated carbocycles. The summed E-state index contributed by atoms with van der Waals surface area (Å²) in [4.78, 5) is 20.9. The molecule has 2 saturated heterocycles. The Balaban J connectivity index is 1.42. The Bertz CT molecular complexity index is 683. The summed E-state index contributed by atoms with van der Waals surface area (Å²) in [5.41, 5.74) is 0. The Kier molecular flexibility index (Phi) is 4.68. The van der Waals surface area contributed by atoms with Crippen LogP contribution in [0.4, 0.5) is 17.6 Å². The fourth-order valence-corrected chi connectivity index (χ4v) is 3.74. The predicted molar refractivity (Wildman–Crippen MR) is 101 cm³/mol. The lowest BCUT2D eigenvalue weighted by molar-refractivity contribution is 0.444. The van der Waals surface area contributed by atoms with E-state index in [9.17, 15) is 0 Å². The third-order valence-corrected chi connectivity index (χ3v) is 5.14. The average molecular weight is 338 g/mol. The minimum Gasteiger partial charge on any atom is -0.356 e. The quantitative estimate of drug-likeness (QED) is 0.857. The van der Waals surface area contributed by atoms with Crippen LogP contribution in [0.1, 0.15) is 19.8 Å². The molecule has 2 aromatic heterocycles. The van der Waals surface area contributed by atoms with Crippen molar-refractivity contribution in [3.63, 3.8) is 0 Å². The molecule has 4 heterocycles. The van der Waals surface area contributed by atoms with Crippen LogP contribution in [0.25, 0.3) is 0 Å². The van der Waals surface area contributed by atoms with E-state index in [1.165, 1.54) is 12.8 Å². The highest BCUT2D eigenvalue weighted by atomic mass is 15.3. The number of aromatic nitrogens is 3. The molecule has 2 fully saturated rings. The standard InChI is InChI=1S/C19H26N6/c1-16-5-4-10-25(15-16)18-7-9-21-19(22-18)24-13-11-23(12-14-24)17-6-2-3-8-20-17/h2-3,6-9,16H,4-5,10-15H2,1H3. The lowest BCUT2D eigenvalue weighted by Crippen LogP contribution is -2.47. The highest BCUT2D eigenvalue weighted by molar-refractivity contribution is 5.46. The summed E-state index contributed by atoms with van der Waals surface area (Å²) in [5.74, 6) is 3.73. The second-order valence-electron chi connectivity index (χ2n) is 7.07. The van der Waals surface area contributed by atoms with Gasteiger partial charge in [-0.15, -0.1) is 0 Å². The molecule has 6 nitrogen and oxygen atoms in total. The van der Waals surface area contributed by atoms with E-state index in [-0.39, 0.29) is 0 Å². The maximum atomic E-state index is 4.86. The zero-order chi connectivity index (χ0) is 17.1. The van der Waals surface area contributed by atoms with Crippen molar-refractivity contribution < 1.29 is 0 Å². The Hall–Kier alpha value is -2.37. The first-order valence-electron chi connectivity index (χ1n) is 9.28. The molecule has 2 aliphatic rings. The van der Waals surface area contributed by atoms with Gasteiger partial charge in [0.2, 0.25) is 5.95 Å². The number of piperidine rings is 1. The topological polar surface area (TPSA) is 48.4 Å². The highest BCUT2D eigenvalue weighted by Gasteiger charge is 2.22. The van der Waals surface area contributed by atoms with E-state index < -0.39 is 0 Å². The van der Waals surface area contributed by atoms with Crippen LogP contribution in [0.15, 0.2) is 36.7 Å². The van der Waals surface area contributed by atoms with Gasteiger partial charge in [-0.05, 0) is 37.0 Å². The van der Waals surface area contributed by atoms with E-state index in [4.69, 9.17) is 4.98 Å².